The quantitative estimate of drug-likeness (QED) is 0.392. The Morgan fingerprint density at radius 1 is 1.04 bits per heavy atom. The fourth-order valence-electron chi connectivity index (χ4n) is 2.13. The van der Waals surface area contributed by atoms with Crippen LogP contribution in [0.1, 0.15) is 5.56 Å². The highest BCUT2D eigenvalue weighted by molar-refractivity contribution is 6.39. The number of hydrazone groups is 1. The van der Waals surface area contributed by atoms with Gasteiger partial charge in [0.25, 0.3) is 0 Å². The largest absolute Gasteiger partial charge is 0.361 e. The Labute approximate surface area is 136 Å². The van der Waals surface area contributed by atoms with Crippen LogP contribution in [0.4, 0.5) is 10.1 Å². The molecule has 3 aromatic rings. The highest BCUT2D eigenvalue weighted by Gasteiger charge is 2.12. The number of hydrogen-bond donors (Lipinski definition) is 3. The first kappa shape index (κ1) is 15.4. The molecule has 120 valence electrons. The Hall–Kier alpha value is -3.48. The van der Waals surface area contributed by atoms with Gasteiger partial charge in [-0.1, -0.05) is 18.2 Å². The lowest BCUT2D eigenvalue weighted by molar-refractivity contribution is -0.136. The number of para-hydroxylation sites is 1. The van der Waals surface area contributed by atoms with E-state index < -0.39 is 17.6 Å². The number of hydrogen-bond acceptors (Lipinski definition) is 3. The normalized spacial score (nSPS) is 10.9. The molecule has 0 saturated carbocycles. The van der Waals surface area contributed by atoms with Gasteiger partial charge in [0.1, 0.15) is 5.82 Å². The van der Waals surface area contributed by atoms with E-state index in [4.69, 9.17) is 0 Å². The predicted molar refractivity (Wildman–Crippen MR) is 89.1 cm³/mol. The fourth-order valence-corrected chi connectivity index (χ4v) is 2.13. The van der Waals surface area contributed by atoms with Gasteiger partial charge in [0.05, 0.1) is 6.21 Å². The molecule has 0 aliphatic heterocycles. The number of carbonyl (C=O) groups excluding carboxylic acids is 2. The number of aromatic nitrogens is 1. The number of halogens is 1. The van der Waals surface area contributed by atoms with Crippen molar-refractivity contribution in [3.8, 4) is 0 Å². The van der Waals surface area contributed by atoms with Crippen molar-refractivity contribution in [1.29, 1.82) is 0 Å². The number of benzene rings is 2. The summed E-state index contributed by atoms with van der Waals surface area (Å²) in [6.45, 7) is 0. The van der Waals surface area contributed by atoms with Crippen LogP contribution in [0.25, 0.3) is 10.9 Å². The summed E-state index contributed by atoms with van der Waals surface area (Å²) in [5, 5.41) is 7.07. The summed E-state index contributed by atoms with van der Waals surface area (Å²) in [6.07, 6.45) is 3.20. The highest BCUT2D eigenvalue weighted by Crippen LogP contribution is 2.15. The molecule has 1 heterocycles. The highest BCUT2D eigenvalue weighted by atomic mass is 19.1. The summed E-state index contributed by atoms with van der Waals surface area (Å²) in [4.78, 5) is 26.5. The molecule has 6 nitrogen and oxygen atoms in total. The lowest BCUT2D eigenvalue weighted by Crippen LogP contribution is -2.32. The minimum atomic E-state index is -0.921. The van der Waals surface area contributed by atoms with Gasteiger partial charge in [0.15, 0.2) is 0 Å². The van der Waals surface area contributed by atoms with Crippen molar-refractivity contribution in [3.05, 3.63) is 66.1 Å². The Morgan fingerprint density at radius 3 is 2.58 bits per heavy atom. The van der Waals surface area contributed by atoms with Crippen LogP contribution >= 0.6 is 0 Å². The smallest absolute Gasteiger partial charge is 0.329 e. The second-order valence-corrected chi connectivity index (χ2v) is 4.95. The van der Waals surface area contributed by atoms with Crippen LogP contribution in [0.2, 0.25) is 0 Å². The van der Waals surface area contributed by atoms with Gasteiger partial charge in [-0.05, 0) is 30.3 Å². The van der Waals surface area contributed by atoms with Gasteiger partial charge in [-0.3, -0.25) is 9.59 Å². The van der Waals surface area contributed by atoms with Crippen molar-refractivity contribution in [2.45, 2.75) is 0 Å². The second kappa shape index (κ2) is 6.74. The van der Waals surface area contributed by atoms with Crippen LogP contribution in [0, 0.1) is 5.82 Å². The summed E-state index contributed by atoms with van der Waals surface area (Å²) >= 11 is 0. The van der Waals surface area contributed by atoms with Gasteiger partial charge < -0.3 is 10.3 Å². The molecule has 1 aromatic heterocycles. The zero-order valence-electron chi connectivity index (χ0n) is 12.4. The number of rotatable bonds is 3. The summed E-state index contributed by atoms with van der Waals surface area (Å²) in [5.74, 6) is -2.24. The molecule has 0 saturated heterocycles. The Bertz CT molecular complexity index is 916. The first-order valence-electron chi connectivity index (χ1n) is 7.09. The van der Waals surface area contributed by atoms with Gasteiger partial charge in [0, 0.05) is 28.4 Å². The summed E-state index contributed by atoms with van der Waals surface area (Å²) in [7, 11) is 0. The van der Waals surface area contributed by atoms with Crippen molar-refractivity contribution < 1.29 is 14.0 Å². The third kappa shape index (κ3) is 3.46. The van der Waals surface area contributed by atoms with E-state index in [9.17, 15) is 14.0 Å². The van der Waals surface area contributed by atoms with Crippen molar-refractivity contribution in [2.75, 3.05) is 5.32 Å². The molecule has 3 N–H and O–H groups in total. The number of amides is 2. The van der Waals surface area contributed by atoms with E-state index >= 15 is 0 Å². The fraction of sp³-hybridized carbons (Fsp3) is 0. The minimum Gasteiger partial charge on any atom is -0.361 e. The van der Waals surface area contributed by atoms with Crippen molar-refractivity contribution in [2.24, 2.45) is 5.10 Å². The minimum absolute atomic E-state index is 0.317. The topological polar surface area (TPSA) is 86.3 Å². The first-order valence-corrected chi connectivity index (χ1v) is 7.09. The van der Waals surface area contributed by atoms with Gasteiger partial charge in [-0.25, -0.2) is 9.82 Å². The van der Waals surface area contributed by atoms with Crippen molar-refractivity contribution in [1.82, 2.24) is 10.4 Å². The molecule has 0 fully saturated rings. The first-order chi connectivity index (χ1) is 11.6. The van der Waals surface area contributed by atoms with Crippen LogP contribution in [0.15, 0.2) is 59.8 Å². The van der Waals surface area contributed by atoms with Crippen LogP contribution in [-0.4, -0.2) is 23.0 Å². The molecule has 0 spiro atoms. The number of carbonyl (C=O) groups is 2. The molecular formula is C17H13FN4O2. The van der Waals surface area contributed by atoms with E-state index in [1.165, 1.54) is 30.5 Å². The summed E-state index contributed by atoms with van der Waals surface area (Å²) in [5.41, 5.74) is 4.19. The molecule has 0 unspecified atom stereocenters. The van der Waals surface area contributed by atoms with Crippen LogP contribution < -0.4 is 10.7 Å². The SMILES string of the molecule is O=C(N/N=C/c1c[nH]c2ccccc12)C(=O)Nc1ccc(F)cc1. The standard InChI is InChI=1S/C17H13FN4O2/c18-12-5-7-13(8-6-12)21-16(23)17(24)22-20-10-11-9-19-15-4-2-1-3-14(11)15/h1-10,19H,(H,21,23)(H,22,24)/b20-10+. The molecule has 2 amide bonds. The number of nitrogens with one attached hydrogen (secondary N) is 3. The third-order valence-electron chi connectivity index (χ3n) is 3.30. The van der Waals surface area contributed by atoms with Gasteiger partial charge in [-0.15, -0.1) is 0 Å². The van der Waals surface area contributed by atoms with E-state index in [-0.39, 0.29) is 0 Å². The van der Waals surface area contributed by atoms with E-state index in [0.717, 1.165) is 16.5 Å². The molecule has 7 heteroatoms. The maximum atomic E-state index is 12.8. The zero-order valence-corrected chi connectivity index (χ0v) is 12.4. The van der Waals surface area contributed by atoms with Crippen molar-refractivity contribution >= 4 is 34.6 Å². The number of nitrogens with zero attached hydrogens (tertiary/aromatic N) is 1. The maximum absolute atomic E-state index is 12.8. The molecule has 0 atom stereocenters. The lowest BCUT2D eigenvalue weighted by atomic mass is 10.2. The number of aromatic amines is 1. The molecule has 0 radical (unpaired) electrons. The van der Waals surface area contributed by atoms with Crippen LogP contribution in [0.3, 0.4) is 0 Å². The van der Waals surface area contributed by atoms with Gasteiger partial charge in [0.2, 0.25) is 0 Å². The summed E-state index contributed by atoms with van der Waals surface area (Å²) < 4.78 is 12.8. The van der Waals surface area contributed by atoms with Gasteiger partial charge >= 0.3 is 11.8 Å². The second-order valence-electron chi connectivity index (χ2n) is 4.95. The average molecular weight is 324 g/mol. The summed E-state index contributed by atoms with van der Waals surface area (Å²) in [6, 6.07) is 12.7. The number of anilines is 1. The van der Waals surface area contributed by atoms with Crippen molar-refractivity contribution in [3.63, 3.8) is 0 Å². The Morgan fingerprint density at radius 2 is 1.79 bits per heavy atom. The monoisotopic (exact) mass is 324 g/mol. The van der Waals surface area contributed by atoms with Crippen LogP contribution in [0.5, 0.6) is 0 Å². The molecule has 24 heavy (non-hydrogen) atoms. The maximum Gasteiger partial charge on any atom is 0.329 e. The third-order valence-corrected chi connectivity index (χ3v) is 3.30. The van der Waals surface area contributed by atoms with Crippen LogP contribution in [-0.2, 0) is 9.59 Å². The molecule has 3 rings (SSSR count). The van der Waals surface area contributed by atoms with E-state index in [1.807, 2.05) is 24.3 Å². The lowest BCUT2D eigenvalue weighted by Gasteiger charge is -2.03. The molecule has 0 bridgehead atoms. The Balaban J connectivity index is 1.60. The molecule has 0 aliphatic carbocycles. The van der Waals surface area contributed by atoms with E-state index in [2.05, 4.69) is 20.8 Å². The van der Waals surface area contributed by atoms with Gasteiger partial charge in [-0.2, -0.15) is 5.10 Å². The van der Waals surface area contributed by atoms with E-state index in [0.29, 0.717) is 5.69 Å². The molecule has 2 aromatic carbocycles. The molecule has 0 aliphatic rings. The number of fused-ring (bicyclic) bond motifs is 1. The zero-order chi connectivity index (χ0) is 16.9. The average Bonchev–Trinajstić information content (AvgIpc) is 3.00. The number of H-pyrrole nitrogens is 1. The predicted octanol–water partition coefficient (Wildman–Crippen LogP) is 2.40. The van der Waals surface area contributed by atoms with E-state index in [1.54, 1.807) is 6.20 Å². The Kier molecular flexibility index (Phi) is 4.33. The molecular weight excluding hydrogens is 311 g/mol.